The summed E-state index contributed by atoms with van der Waals surface area (Å²) in [5, 5.41) is 15.6. The zero-order valence-corrected chi connectivity index (χ0v) is 11.4. The van der Waals surface area contributed by atoms with Crippen molar-refractivity contribution in [3.63, 3.8) is 0 Å². The molecule has 0 bridgehead atoms. The number of rotatable bonds is 3. The molecule has 104 valence electrons. The van der Waals surface area contributed by atoms with Gasteiger partial charge in [-0.3, -0.25) is 0 Å². The van der Waals surface area contributed by atoms with Crippen LogP contribution in [0.15, 0.2) is 18.2 Å². The van der Waals surface area contributed by atoms with E-state index in [0.717, 1.165) is 18.5 Å². The van der Waals surface area contributed by atoms with Crippen LogP contribution in [-0.4, -0.2) is 31.3 Å². The van der Waals surface area contributed by atoms with E-state index in [1.54, 1.807) is 12.1 Å². The molecular formula is C14H21N3O2. The highest BCUT2D eigenvalue weighted by Crippen LogP contribution is 2.33. The second-order valence-electron chi connectivity index (χ2n) is 5.15. The lowest BCUT2D eigenvalue weighted by Gasteiger charge is -2.20. The Morgan fingerprint density at radius 2 is 2.00 bits per heavy atom. The van der Waals surface area contributed by atoms with Gasteiger partial charge in [-0.2, -0.15) is 0 Å². The SMILES string of the molecule is CN(C)c1cccc(O)c1NC(=O)NC1CCCC1. The molecule has 0 saturated heterocycles. The van der Waals surface area contributed by atoms with E-state index in [9.17, 15) is 9.90 Å². The lowest BCUT2D eigenvalue weighted by Crippen LogP contribution is -2.36. The predicted octanol–water partition coefficient (Wildman–Crippen LogP) is 2.52. The Balaban J connectivity index is 2.07. The third-order valence-electron chi connectivity index (χ3n) is 3.43. The number of phenolic OH excluding ortho intramolecular Hbond substituents is 1. The molecule has 1 aliphatic carbocycles. The van der Waals surface area contributed by atoms with Gasteiger partial charge >= 0.3 is 6.03 Å². The highest BCUT2D eigenvalue weighted by molar-refractivity contribution is 5.95. The van der Waals surface area contributed by atoms with Crippen LogP contribution in [0.5, 0.6) is 5.75 Å². The van der Waals surface area contributed by atoms with Gasteiger partial charge in [0.2, 0.25) is 0 Å². The molecular weight excluding hydrogens is 242 g/mol. The second-order valence-corrected chi connectivity index (χ2v) is 5.15. The number of aromatic hydroxyl groups is 1. The van der Waals surface area contributed by atoms with Gasteiger partial charge in [0.1, 0.15) is 11.4 Å². The number of para-hydroxylation sites is 1. The number of carbonyl (C=O) groups is 1. The van der Waals surface area contributed by atoms with Gasteiger partial charge in [-0.1, -0.05) is 18.9 Å². The summed E-state index contributed by atoms with van der Waals surface area (Å²) in [5.41, 5.74) is 1.23. The maximum atomic E-state index is 11.9. The highest BCUT2D eigenvalue weighted by Gasteiger charge is 2.18. The average molecular weight is 263 g/mol. The number of benzene rings is 1. The fourth-order valence-corrected chi connectivity index (χ4v) is 2.43. The normalized spacial score (nSPS) is 15.3. The maximum Gasteiger partial charge on any atom is 0.319 e. The Kier molecular flexibility index (Phi) is 4.14. The molecule has 1 fully saturated rings. The average Bonchev–Trinajstić information content (AvgIpc) is 2.84. The topological polar surface area (TPSA) is 64.6 Å². The summed E-state index contributed by atoms with van der Waals surface area (Å²) in [6.07, 6.45) is 4.42. The number of urea groups is 1. The van der Waals surface area contributed by atoms with Crippen LogP contribution in [0, 0.1) is 0 Å². The van der Waals surface area contributed by atoms with E-state index in [1.807, 2.05) is 25.1 Å². The van der Waals surface area contributed by atoms with Crippen LogP contribution in [0.3, 0.4) is 0 Å². The molecule has 0 atom stereocenters. The van der Waals surface area contributed by atoms with Crippen molar-refractivity contribution >= 4 is 17.4 Å². The minimum absolute atomic E-state index is 0.0766. The molecule has 0 aliphatic heterocycles. The van der Waals surface area contributed by atoms with Gasteiger partial charge < -0.3 is 20.6 Å². The van der Waals surface area contributed by atoms with E-state index in [0.29, 0.717) is 5.69 Å². The first-order valence-corrected chi connectivity index (χ1v) is 6.64. The van der Waals surface area contributed by atoms with Crippen LogP contribution < -0.4 is 15.5 Å². The van der Waals surface area contributed by atoms with E-state index in [2.05, 4.69) is 10.6 Å². The summed E-state index contributed by atoms with van der Waals surface area (Å²) >= 11 is 0. The fourth-order valence-electron chi connectivity index (χ4n) is 2.43. The van der Waals surface area contributed by atoms with Crippen LogP contribution in [-0.2, 0) is 0 Å². The van der Waals surface area contributed by atoms with Crippen LogP contribution in [0.25, 0.3) is 0 Å². The molecule has 0 heterocycles. The van der Waals surface area contributed by atoms with E-state index in [1.165, 1.54) is 12.8 Å². The third-order valence-corrected chi connectivity index (χ3v) is 3.43. The first-order valence-electron chi connectivity index (χ1n) is 6.64. The molecule has 19 heavy (non-hydrogen) atoms. The molecule has 1 aliphatic rings. The molecule has 3 N–H and O–H groups in total. The molecule has 2 amide bonds. The number of phenols is 1. The summed E-state index contributed by atoms with van der Waals surface area (Å²) in [6.45, 7) is 0. The molecule has 0 aromatic heterocycles. The Hall–Kier alpha value is -1.91. The van der Waals surface area contributed by atoms with Crippen molar-refractivity contribution < 1.29 is 9.90 Å². The summed E-state index contributed by atoms with van der Waals surface area (Å²) in [5.74, 6) is 0.0766. The summed E-state index contributed by atoms with van der Waals surface area (Å²) in [4.78, 5) is 13.8. The molecule has 5 nitrogen and oxygen atoms in total. The first-order chi connectivity index (χ1) is 9.08. The van der Waals surface area contributed by atoms with Gasteiger partial charge in [0.25, 0.3) is 0 Å². The molecule has 0 spiro atoms. The molecule has 0 radical (unpaired) electrons. The first kappa shape index (κ1) is 13.5. The highest BCUT2D eigenvalue weighted by atomic mass is 16.3. The van der Waals surface area contributed by atoms with Crippen LogP contribution in [0.1, 0.15) is 25.7 Å². The standard InChI is InChI=1S/C14H21N3O2/c1-17(2)11-8-5-9-12(18)13(11)16-14(19)15-10-6-3-4-7-10/h5,8-10,18H,3-4,6-7H2,1-2H3,(H2,15,16,19). The molecule has 2 rings (SSSR count). The van der Waals surface area contributed by atoms with Gasteiger partial charge in [-0.25, -0.2) is 4.79 Å². The van der Waals surface area contributed by atoms with Crippen LogP contribution in [0.4, 0.5) is 16.2 Å². The van der Waals surface area contributed by atoms with Crippen molar-refractivity contribution in [3.05, 3.63) is 18.2 Å². The van der Waals surface area contributed by atoms with E-state index in [-0.39, 0.29) is 17.8 Å². The maximum absolute atomic E-state index is 11.9. The Morgan fingerprint density at radius 3 is 2.63 bits per heavy atom. The lowest BCUT2D eigenvalue weighted by atomic mass is 10.2. The van der Waals surface area contributed by atoms with E-state index >= 15 is 0 Å². The monoisotopic (exact) mass is 263 g/mol. The number of nitrogens with one attached hydrogen (secondary N) is 2. The van der Waals surface area contributed by atoms with E-state index in [4.69, 9.17) is 0 Å². The minimum atomic E-state index is -0.253. The van der Waals surface area contributed by atoms with Gasteiger partial charge in [0.05, 0.1) is 5.69 Å². The number of anilines is 2. The molecule has 5 heteroatoms. The van der Waals surface area contributed by atoms with Gasteiger partial charge in [0.15, 0.2) is 0 Å². The van der Waals surface area contributed by atoms with Gasteiger partial charge in [0, 0.05) is 20.1 Å². The van der Waals surface area contributed by atoms with Crippen molar-refractivity contribution in [1.82, 2.24) is 5.32 Å². The fraction of sp³-hybridized carbons (Fsp3) is 0.500. The minimum Gasteiger partial charge on any atom is -0.506 e. The Bertz CT molecular complexity index is 454. The van der Waals surface area contributed by atoms with Crippen LogP contribution in [0.2, 0.25) is 0 Å². The van der Waals surface area contributed by atoms with Crippen molar-refractivity contribution in [2.75, 3.05) is 24.3 Å². The molecule has 1 saturated carbocycles. The van der Waals surface area contributed by atoms with Gasteiger partial charge in [-0.15, -0.1) is 0 Å². The number of amides is 2. The predicted molar refractivity (Wildman–Crippen MR) is 76.8 cm³/mol. The quantitative estimate of drug-likeness (QED) is 0.734. The summed E-state index contributed by atoms with van der Waals surface area (Å²) in [7, 11) is 3.74. The second kappa shape index (κ2) is 5.82. The van der Waals surface area contributed by atoms with E-state index < -0.39 is 0 Å². The van der Waals surface area contributed by atoms with Gasteiger partial charge in [-0.05, 0) is 25.0 Å². The smallest absolute Gasteiger partial charge is 0.319 e. The number of carbonyl (C=O) groups excluding carboxylic acids is 1. The third kappa shape index (κ3) is 3.30. The summed E-state index contributed by atoms with van der Waals surface area (Å²) < 4.78 is 0. The van der Waals surface area contributed by atoms with Crippen molar-refractivity contribution in [1.29, 1.82) is 0 Å². The molecule has 1 aromatic rings. The van der Waals surface area contributed by atoms with Crippen molar-refractivity contribution in [2.45, 2.75) is 31.7 Å². The van der Waals surface area contributed by atoms with Crippen molar-refractivity contribution in [3.8, 4) is 5.75 Å². The summed E-state index contributed by atoms with van der Waals surface area (Å²) in [6, 6.07) is 5.18. The Morgan fingerprint density at radius 1 is 1.32 bits per heavy atom. The number of hydrogen-bond donors (Lipinski definition) is 3. The number of nitrogens with zero attached hydrogens (tertiary/aromatic N) is 1. The zero-order chi connectivity index (χ0) is 13.8. The largest absolute Gasteiger partial charge is 0.506 e. The molecule has 0 unspecified atom stereocenters. The lowest BCUT2D eigenvalue weighted by molar-refractivity contribution is 0.248. The Labute approximate surface area is 113 Å². The number of hydrogen-bond acceptors (Lipinski definition) is 3. The molecule has 1 aromatic carbocycles. The van der Waals surface area contributed by atoms with Crippen LogP contribution >= 0.6 is 0 Å². The zero-order valence-electron chi connectivity index (χ0n) is 11.4. The van der Waals surface area contributed by atoms with Crippen molar-refractivity contribution in [2.24, 2.45) is 0 Å².